The number of likely N-dealkylation sites (tertiary alicyclic amines) is 1. The number of carbonyl (C=O) groups excluding carboxylic acids is 1. The smallest absolute Gasteiger partial charge is 0.253 e. The molecule has 2 heterocycles. The fourth-order valence-corrected chi connectivity index (χ4v) is 4.43. The quantitative estimate of drug-likeness (QED) is 0.797. The molecule has 3 rings (SSSR count). The topological polar surface area (TPSA) is 45.2 Å². The summed E-state index contributed by atoms with van der Waals surface area (Å²) in [6, 6.07) is 4.25. The van der Waals surface area contributed by atoms with Crippen molar-refractivity contribution in [3.05, 3.63) is 23.9 Å². The maximum atomic E-state index is 12.3. The average Bonchev–Trinajstić information content (AvgIpc) is 2.64. The lowest BCUT2D eigenvalue weighted by Crippen LogP contribution is -2.36. The van der Waals surface area contributed by atoms with E-state index in [1.165, 1.54) is 51.6 Å². The Balaban J connectivity index is 1.41. The Kier molecular flexibility index (Phi) is 6.97. The van der Waals surface area contributed by atoms with Gasteiger partial charge in [-0.2, -0.15) is 0 Å². The first-order valence-electron chi connectivity index (χ1n) is 9.43. The van der Waals surface area contributed by atoms with Crippen LogP contribution in [0.3, 0.4) is 0 Å². The van der Waals surface area contributed by atoms with E-state index in [2.05, 4.69) is 15.2 Å². The molecule has 1 saturated heterocycles. The predicted molar refractivity (Wildman–Crippen MR) is 99.6 cm³/mol. The largest absolute Gasteiger partial charge is 0.349 e. The number of nitrogens with one attached hydrogen (secondary N) is 1. The maximum Gasteiger partial charge on any atom is 0.253 e. The molecule has 0 atom stereocenters. The number of hydrogen-bond donors (Lipinski definition) is 1. The number of nitrogens with zero attached hydrogens (tertiary/aromatic N) is 2. The number of rotatable bonds is 6. The summed E-state index contributed by atoms with van der Waals surface area (Å²) in [5.41, 5.74) is 0.681. The summed E-state index contributed by atoms with van der Waals surface area (Å²) < 4.78 is 0. The number of thioether (sulfide) groups is 1. The van der Waals surface area contributed by atoms with Gasteiger partial charge < -0.3 is 10.2 Å². The predicted octanol–water partition coefficient (Wildman–Crippen LogP) is 3.72. The first-order valence-corrected chi connectivity index (χ1v) is 10.4. The zero-order valence-corrected chi connectivity index (χ0v) is 15.3. The van der Waals surface area contributed by atoms with Crippen molar-refractivity contribution in [3.8, 4) is 0 Å². The molecule has 0 spiro atoms. The summed E-state index contributed by atoms with van der Waals surface area (Å²) in [5, 5.41) is 4.16. The maximum absolute atomic E-state index is 12.3. The normalized spacial score (nSPS) is 20.0. The fraction of sp³-hybridized carbons (Fsp3) is 0.684. The molecular formula is C19H29N3OS. The van der Waals surface area contributed by atoms with Gasteiger partial charge in [0.1, 0.15) is 0 Å². The molecule has 0 aromatic carbocycles. The minimum atomic E-state index is 0.0271. The molecule has 5 heteroatoms. The van der Waals surface area contributed by atoms with Crippen molar-refractivity contribution >= 4 is 17.7 Å². The second-order valence-electron chi connectivity index (χ2n) is 6.94. The van der Waals surface area contributed by atoms with Gasteiger partial charge in [-0.1, -0.05) is 25.7 Å². The van der Waals surface area contributed by atoms with E-state index in [9.17, 15) is 4.79 Å². The van der Waals surface area contributed by atoms with Crippen molar-refractivity contribution < 1.29 is 4.79 Å². The molecule has 1 amide bonds. The molecule has 4 nitrogen and oxygen atoms in total. The first-order chi connectivity index (χ1) is 11.8. The third-order valence-electron chi connectivity index (χ3n) is 5.05. The number of pyridine rings is 1. The highest BCUT2D eigenvalue weighted by molar-refractivity contribution is 7.99. The summed E-state index contributed by atoms with van der Waals surface area (Å²) >= 11 is 1.79. The monoisotopic (exact) mass is 347 g/mol. The first kappa shape index (κ1) is 17.7. The Hall–Kier alpha value is -1.07. The molecule has 2 aliphatic rings. The van der Waals surface area contributed by atoms with Crippen molar-refractivity contribution in [3.63, 3.8) is 0 Å². The summed E-state index contributed by atoms with van der Waals surface area (Å²) in [4.78, 5) is 19.3. The lowest BCUT2D eigenvalue weighted by atomic mass is 9.95. The molecule has 1 aromatic rings. The third kappa shape index (κ3) is 5.49. The van der Waals surface area contributed by atoms with E-state index in [0.717, 1.165) is 30.2 Å². The molecule has 1 aliphatic carbocycles. The average molecular weight is 348 g/mol. The van der Waals surface area contributed by atoms with Gasteiger partial charge in [0.05, 0.1) is 10.6 Å². The van der Waals surface area contributed by atoms with Gasteiger partial charge in [-0.05, 0) is 50.9 Å². The highest BCUT2D eigenvalue weighted by Gasteiger charge is 2.17. The van der Waals surface area contributed by atoms with Gasteiger partial charge in [-0.3, -0.25) is 4.79 Å². The number of hydrogen-bond acceptors (Lipinski definition) is 4. The van der Waals surface area contributed by atoms with Crippen molar-refractivity contribution in [1.29, 1.82) is 0 Å². The Labute approximate surface area is 149 Å². The van der Waals surface area contributed by atoms with E-state index in [0.29, 0.717) is 11.6 Å². The van der Waals surface area contributed by atoms with Crippen molar-refractivity contribution in [2.45, 2.75) is 62.4 Å². The fourth-order valence-electron chi connectivity index (χ4n) is 3.58. The Morgan fingerprint density at radius 2 is 1.88 bits per heavy atom. The van der Waals surface area contributed by atoms with Crippen LogP contribution < -0.4 is 5.32 Å². The van der Waals surface area contributed by atoms with E-state index in [1.54, 1.807) is 18.0 Å². The molecule has 0 bridgehead atoms. The minimum absolute atomic E-state index is 0.0271. The van der Waals surface area contributed by atoms with Gasteiger partial charge in [-0.25, -0.2) is 4.98 Å². The molecule has 1 aromatic heterocycles. The minimum Gasteiger partial charge on any atom is -0.349 e. The molecule has 2 fully saturated rings. The van der Waals surface area contributed by atoms with Crippen LogP contribution in [0.4, 0.5) is 0 Å². The zero-order chi connectivity index (χ0) is 16.6. The highest BCUT2D eigenvalue weighted by Crippen LogP contribution is 2.19. The van der Waals surface area contributed by atoms with E-state index >= 15 is 0 Å². The SMILES string of the molecule is O=C(NC1CCCCC1)c1ccc(SCCN2CCCCC2)nc1. The van der Waals surface area contributed by atoms with Gasteiger partial charge in [0.2, 0.25) is 0 Å². The van der Waals surface area contributed by atoms with E-state index < -0.39 is 0 Å². The van der Waals surface area contributed by atoms with Crippen molar-refractivity contribution in [2.24, 2.45) is 0 Å². The summed E-state index contributed by atoms with van der Waals surface area (Å²) in [7, 11) is 0. The molecule has 1 aliphatic heterocycles. The van der Waals surface area contributed by atoms with Crippen LogP contribution in [-0.2, 0) is 0 Å². The molecule has 0 radical (unpaired) electrons. The van der Waals surface area contributed by atoms with Crippen molar-refractivity contribution in [1.82, 2.24) is 15.2 Å². The Bertz CT molecular complexity index is 508. The third-order valence-corrected chi connectivity index (χ3v) is 5.97. The van der Waals surface area contributed by atoms with Crippen LogP contribution >= 0.6 is 11.8 Å². The van der Waals surface area contributed by atoms with Crippen LogP contribution in [0.25, 0.3) is 0 Å². The molecule has 1 N–H and O–H groups in total. The van der Waals surface area contributed by atoms with Crippen LogP contribution in [0.2, 0.25) is 0 Å². The van der Waals surface area contributed by atoms with E-state index in [-0.39, 0.29) is 5.91 Å². The zero-order valence-electron chi connectivity index (χ0n) is 14.5. The van der Waals surface area contributed by atoms with Crippen LogP contribution in [0.5, 0.6) is 0 Å². The van der Waals surface area contributed by atoms with Crippen LogP contribution in [0.15, 0.2) is 23.4 Å². The number of amides is 1. The summed E-state index contributed by atoms with van der Waals surface area (Å²) in [5.74, 6) is 1.10. The molecule has 0 unspecified atom stereocenters. The van der Waals surface area contributed by atoms with Gasteiger partial charge in [0, 0.05) is 24.5 Å². The summed E-state index contributed by atoms with van der Waals surface area (Å²) in [6.07, 6.45) is 11.8. The second-order valence-corrected chi connectivity index (χ2v) is 8.06. The van der Waals surface area contributed by atoms with Crippen LogP contribution in [-0.4, -0.2) is 47.2 Å². The number of aromatic nitrogens is 1. The lowest BCUT2D eigenvalue weighted by molar-refractivity contribution is 0.0927. The number of carbonyl (C=O) groups is 1. The van der Waals surface area contributed by atoms with E-state index in [4.69, 9.17) is 0 Å². The second kappa shape index (κ2) is 9.42. The van der Waals surface area contributed by atoms with Crippen LogP contribution in [0, 0.1) is 0 Å². The van der Waals surface area contributed by atoms with Crippen molar-refractivity contribution in [2.75, 3.05) is 25.4 Å². The summed E-state index contributed by atoms with van der Waals surface area (Å²) in [6.45, 7) is 3.62. The number of piperidine rings is 1. The molecule has 24 heavy (non-hydrogen) atoms. The lowest BCUT2D eigenvalue weighted by Gasteiger charge is -2.25. The molecular weight excluding hydrogens is 318 g/mol. The Morgan fingerprint density at radius 3 is 2.58 bits per heavy atom. The highest BCUT2D eigenvalue weighted by atomic mass is 32.2. The molecule has 1 saturated carbocycles. The van der Waals surface area contributed by atoms with Gasteiger partial charge >= 0.3 is 0 Å². The Morgan fingerprint density at radius 1 is 1.12 bits per heavy atom. The standard InChI is InChI=1S/C19H29N3OS/c23-19(21-17-7-3-1-4-8-17)16-9-10-18(20-15-16)24-14-13-22-11-5-2-6-12-22/h9-10,15,17H,1-8,11-14H2,(H,21,23). The van der Waals surface area contributed by atoms with Gasteiger partial charge in [0.15, 0.2) is 0 Å². The van der Waals surface area contributed by atoms with E-state index in [1.807, 2.05) is 12.1 Å². The molecule has 132 valence electrons. The van der Waals surface area contributed by atoms with Gasteiger partial charge in [0.25, 0.3) is 5.91 Å². The van der Waals surface area contributed by atoms with Gasteiger partial charge in [-0.15, -0.1) is 11.8 Å². The van der Waals surface area contributed by atoms with Crippen LogP contribution in [0.1, 0.15) is 61.7 Å².